The van der Waals surface area contributed by atoms with E-state index < -0.39 is 4.92 Å². The Labute approximate surface area is 185 Å². The molecule has 9 nitrogen and oxygen atoms in total. The Morgan fingerprint density at radius 3 is 2.47 bits per heavy atom. The summed E-state index contributed by atoms with van der Waals surface area (Å²) in [7, 11) is 0. The second-order valence-corrected chi connectivity index (χ2v) is 7.34. The Bertz CT molecular complexity index is 1140. The molecule has 0 fully saturated rings. The van der Waals surface area contributed by atoms with Crippen LogP contribution in [-0.2, 0) is 13.0 Å². The van der Waals surface area contributed by atoms with E-state index in [1.165, 1.54) is 12.4 Å². The van der Waals surface area contributed by atoms with Gasteiger partial charge in [-0.1, -0.05) is 0 Å². The number of aromatic nitrogens is 2. The predicted octanol–water partition coefficient (Wildman–Crippen LogP) is 3.78. The fraction of sp³-hybridized carbons (Fsp3) is 0.304. The molecule has 1 amide bonds. The highest BCUT2D eigenvalue weighted by Gasteiger charge is 2.26. The molecule has 0 unspecified atom stereocenters. The lowest BCUT2D eigenvalue weighted by molar-refractivity contribution is -0.384. The summed E-state index contributed by atoms with van der Waals surface area (Å²) in [6.45, 7) is 5.80. The van der Waals surface area contributed by atoms with E-state index in [0.717, 1.165) is 11.1 Å². The molecule has 0 radical (unpaired) electrons. The highest BCUT2D eigenvalue weighted by molar-refractivity contribution is 5.95. The average Bonchev–Trinajstić information content (AvgIpc) is 3.33. The minimum atomic E-state index is -0.485. The van der Waals surface area contributed by atoms with Crippen LogP contribution in [0.15, 0.2) is 49.1 Å². The number of hydrogen-bond acceptors (Lipinski definition) is 6. The molecule has 0 saturated carbocycles. The van der Waals surface area contributed by atoms with Crippen molar-refractivity contribution in [3.05, 3.63) is 75.9 Å². The maximum atomic E-state index is 13.2. The Morgan fingerprint density at radius 2 is 1.84 bits per heavy atom. The van der Waals surface area contributed by atoms with Crippen molar-refractivity contribution in [3.8, 4) is 17.2 Å². The maximum Gasteiger partial charge on any atom is 0.294 e. The molecule has 32 heavy (non-hydrogen) atoms. The zero-order chi connectivity index (χ0) is 22.7. The van der Waals surface area contributed by atoms with Crippen LogP contribution in [0.25, 0.3) is 5.69 Å². The van der Waals surface area contributed by atoms with Gasteiger partial charge in [0.25, 0.3) is 11.6 Å². The molecule has 0 N–H and O–H groups in total. The third kappa shape index (κ3) is 4.14. The molecule has 0 aliphatic carbocycles. The van der Waals surface area contributed by atoms with E-state index >= 15 is 0 Å². The minimum Gasteiger partial charge on any atom is -0.490 e. The highest BCUT2D eigenvalue weighted by atomic mass is 16.6. The first-order chi connectivity index (χ1) is 15.5. The van der Waals surface area contributed by atoms with Gasteiger partial charge in [-0.3, -0.25) is 14.9 Å². The number of amides is 1. The first-order valence-corrected chi connectivity index (χ1v) is 10.5. The predicted molar refractivity (Wildman–Crippen MR) is 117 cm³/mol. The average molecular weight is 436 g/mol. The standard InChI is InChI=1S/C23H24N4O5/c1-3-31-21-12-16-7-9-25(14-18(16)13-22(21)32-4-2)23(28)17-5-6-19(20(11-17)27(29)30)26-10-8-24-15-26/h5-6,8,10-13,15H,3-4,7,9,14H2,1-2H3. The summed E-state index contributed by atoms with van der Waals surface area (Å²) in [5.74, 6) is 1.11. The lowest BCUT2D eigenvalue weighted by Crippen LogP contribution is -2.36. The van der Waals surface area contributed by atoms with E-state index in [4.69, 9.17) is 9.47 Å². The van der Waals surface area contributed by atoms with Gasteiger partial charge in [0, 0.05) is 37.1 Å². The van der Waals surface area contributed by atoms with Gasteiger partial charge in [0.15, 0.2) is 11.5 Å². The van der Waals surface area contributed by atoms with Crippen LogP contribution in [0.3, 0.4) is 0 Å². The number of ether oxygens (including phenoxy) is 2. The van der Waals surface area contributed by atoms with Gasteiger partial charge in [0.1, 0.15) is 5.69 Å². The zero-order valence-corrected chi connectivity index (χ0v) is 18.0. The van der Waals surface area contributed by atoms with Crippen molar-refractivity contribution in [2.45, 2.75) is 26.8 Å². The number of nitrogens with zero attached hydrogens (tertiary/aromatic N) is 4. The summed E-state index contributed by atoms with van der Waals surface area (Å²) in [6, 6.07) is 8.43. The molecular formula is C23H24N4O5. The number of nitro benzene ring substituents is 1. The molecule has 166 valence electrons. The molecule has 9 heteroatoms. The molecule has 2 aromatic carbocycles. The largest absolute Gasteiger partial charge is 0.490 e. The number of imidazole rings is 1. The van der Waals surface area contributed by atoms with Crippen LogP contribution in [0.5, 0.6) is 11.5 Å². The number of carbonyl (C=O) groups is 1. The molecule has 3 aromatic rings. The number of hydrogen-bond donors (Lipinski definition) is 0. The lowest BCUT2D eigenvalue weighted by Gasteiger charge is -2.30. The van der Waals surface area contributed by atoms with Gasteiger partial charge < -0.3 is 18.9 Å². The summed E-state index contributed by atoms with van der Waals surface area (Å²) in [6.07, 6.45) is 5.32. The minimum absolute atomic E-state index is 0.147. The van der Waals surface area contributed by atoms with Crippen molar-refractivity contribution in [2.75, 3.05) is 19.8 Å². The van der Waals surface area contributed by atoms with E-state index in [1.54, 1.807) is 34.0 Å². The Morgan fingerprint density at radius 1 is 1.12 bits per heavy atom. The highest BCUT2D eigenvalue weighted by Crippen LogP contribution is 2.34. The van der Waals surface area contributed by atoms with Crippen LogP contribution >= 0.6 is 0 Å². The number of benzene rings is 2. The first-order valence-electron chi connectivity index (χ1n) is 10.5. The quantitative estimate of drug-likeness (QED) is 0.413. The molecule has 4 rings (SSSR count). The Balaban J connectivity index is 1.61. The SMILES string of the molecule is CCOc1cc2c(cc1OCC)CN(C(=O)c1ccc(-n3ccnc3)c([N+](=O)[O-])c1)CC2. The van der Waals surface area contributed by atoms with Crippen LogP contribution in [0, 0.1) is 10.1 Å². The Kier molecular flexibility index (Phi) is 6.07. The summed E-state index contributed by atoms with van der Waals surface area (Å²) in [5, 5.41) is 11.6. The lowest BCUT2D eigenvalue weighted by atomic mass is 9.98. The van der Waals surface area contributed by atoms with Crippen molar-refractivity contribution in [2.24, 2.45) is 0 Å². The smallest absolute Gasteiger partial charge is 0.294 e. The molecule has 1 aromatic heterocycles. The van der Waals surface area contributed by atoms with E-state index in [0.29, 0.717) is 49.9 Å². The van der Waals surface area contributed by atoms with Crippen LogP contribution in [0.1, 0.15) is 35.3 Å². The summed E-state index contributed by atoms with van der Waals surface area (Å²) < 4.78 is 13.0. The van der Waals surface area contributed by atoms with Gasteiger partial charge in [0.2, 0.25) is 0 Å². The van der Waals surface area contributed by atoms with E-state index in [9.17, 15) is 14.9 Å². The molecule has 0 saturated heterocycles. The fourth-order valence-corrected chi connectivity index (χ4v) is 3.88. The molecule has 1 aliphatic heterocycles. The second-order valence-electron chi connectivity index (χ2n) is 7.34. The van der Waals surface area contributed by atoms with Gasteiger partial charge in [-0.15, -0.1) is 0 Å². The summed E-state index contributed by atoms with van der Waals surface area (Å²) >= 11 is 0. The number of fused-ring (bicyclic) bond motifs is 1. The Hall–Kier alpha value is -3.88. The summed E-state index contributed by atoms with van der Waals surface area (Å²) in [4.78, 5) is 30.0. The molecule has 2 heterocycles. The third-order valence-electron chi connectivity index (χ3n) is 5.37. The van der Waals surface area contributed by atoms with Gasteiger partial charge in [0.05, 0.1) is 24.5 Å². The van der Waals surface area contributed by atoms with Crippen LogP contribution in [-0.4, -0.2) is 45.0 Å². The monoisotopic (exact) mass is 436 g/mol. The normalized spacial score (nSPS) is 12.9. The van der Waals surface area contributed by atoms with E-state index in [2.05, 4.69) is 4.98 Å². The molecule has 0 bridgehead atoms. The maximum absolute atomic E-state index is 13.2. The molecule has 0 spiro atoms. The van der Waals surface area contributed by atoms with Gasteiger partial charge in [-0.25, -0.2) is 4.98 Å². The van der Waals surface area contributed by atoms with Gasteiger partial charge in [-0.05, 0) is 55.7 Å². The molecule has 1 aliphatic rings. The van der Waals surface area contributed by atoms with Crippen LogP contribution in [0.4, 0.5) is 5.69 Å². The first kappa shape index (κ1) is 21.4. The molecular weight excluding hydrogens is 412 g/mol. The van der Waals surface area contributed by atoms with Crippen molar-refractivity contribution in [1.82, 2.24) is 14.5 Å². The van der Waals surface area contributed by atoms with Crippen molar-refractivity contribution < 1.29 is 19.2 Å². The van der Waals surface area contributed by atoms with Crippen molar-refractivity contribution in [1.29, 1.82) is 0 Å². The number of nitro groups is 1. The topological polar surface area (TPSA) is 99.7 Å². The zero-order valence-electron chi connectivity index (χ0n) is 18.0. The van der Waals surface area contributed by atoms with Gasteiger partial charge >= 0.3 is 0 Å². The van der Waals surface area contributed by atoms with E-state index in [-0.39, 0.29) is 17.2 Å². The summed E-state index contributed by atoms with van der Waals surface area (Å²) in [5.41, 5.74) is 2.59. The second kappa shape index (κ2) is 9.09. The fourth-order valence-electron chi connectivity index (χ4n) is 3.88. The van der Waals surface area contributed by atoms with Crippen LogP contribution in [0.2, 0.25) is 0 Å². The number of carbonyl (C=O) groups excluding carboxylic acids is 1. The molecule has 0 atom stereocenters. The van der Waals surface area contributed by atoms with E-state index in [1.807, 2.05) is 26.0 Å². The van der Waals surface area contributed by atoms with Gasteiger partial charge in [-0.2, -0.15) is 0 Å². The van der Waals surface area contributed by atoms with Crippen LogP contribution < -0.4 is 9.47 Å². The van der Waals surface area contributed by atoms with Crippen molar-refractivity contribution in [3.63, 3.8) is 0 Å². The van der Waals surface area contributed by atoms with Crippen molar-refractivity contribution >= 4 is 11.6 Å². The number of rotatable bonds is 7. The third-order valence-corrected chi connectivity index (χ3v) is 5.37.